The fraction of sp³-hybridized carbons (Fsp3) is 0.944. The van der Waals surface area contributed by atoms with Gasteiger partial charge in [-0.25, -0.2) is 0 Å². The van der Waals surface area contributed by atoms with Crippen LogP contribution in [0.4, 0.5) is 0 Å². The number of nitrogens with one attached hydrogen (secondary N) is 1. The van der Waals surface area contributed by atoms with Gasteiger partial charge in [-0.15, -0.1) is 0 Å². The molecule has 1 N–H and O–H groups in total. The van der Waals surface area contributed by atoms with Crippen molar-refractivity contribution >= 4 is 0 Å². The van der Waals surface area contributed by atoms with E-state index < -0.39 is 0 Å². The quantitative estimate of drug-likeness (QED) is 0.663. The molecule has 21 heavy (non-hydrogen) atoms. The second kappa shape index (κ2) is 9.43. The molecule has 122 valence electrons. The Morgan fingerprint density at radius 1 is 1.29 bits per heavy atom. The minimum absolute atomic E-state index is 0.370. The average Bonchev–Trinajstić information content (AvgIpc) is 2.99. The number of rotatable bonds is 10. The number of hydrogen-bond acceptors (Lipinski definition) is 3. The van der Waals surface area contributed by atoms with Gasteiger partial charge in [-0.2, -0.15) is 5.26 Å². The third-order valence-electron chi connectivity index (χ3n) is 4.75. The molecule has 0 radical (unpaired) electrons. The molecule has 0 bridgehead atoms. The zero-order valence-corrected chi connectivity index (χ0v) is 14.6. The van der Waals surface area contributed by atoms with E-state index in [1.54, 1.807) is 0 Å². The molecule has 0 heterocycles. The van der Waals surface area contributed by atoms with Gasteiger partial charge < -0.3 is 4.90 Å². The molecule has 0 aliphatic heterocycles. The summed E-state index contributed by atoms with van der Waals surface area (Å²) in [5.74, 6) is 0.759. The van der Waals surface area contributed by atoms with E-state index in [0.29, 0.717) is 0 Å². The van der Waals surface area contributed by atoms with Crippen molar-refractivity contribution in [2.24, 2.45) is 5.92 Å². The first-order valence-corrected chi connectivity index (χ1v) is 8.91. The molecule has 0 spiro atoms. The van der Waals surface area contributed by atoms with Gasteiger partial charge in [0.2, 0.25) is 0 Å². The largest absolute Gasteiger partial charge is 0.300 e. The number of nitriles is 1. The lowest BCUT2D eigenvalue weighted by molar-refractivity contribution is 0.173. The SMILES string of the molecule is CCCNC(C)(C#N)CCN(CCC(C)C)C1CCCC1. The monoisotopic (exact) mass is 293 g/mol. The van der Waals surface area contributed by atoms with Gasteiger partial charge in [0.05, 0.1) is 6.07 Å². The van der Waals surface area contributed by atoms with E-state index >= 15 is 0 Å². The van der Waals surface area contributed by atoms with E-state index in [0.717, 1.165) is 37.9 Å². The van der Waals surface area contributed by atoms with E-state index in [1.807, 2.05) is 0 Å². The highest BCUT2D eigenvalue weighted by Crippen LogP contribution is 2.25. The van der Waals surface area contributed by atoms with Crippen molar-refractivity contribution in [3.63, 3.8) is 0 Å². The molecule has 1 aliphatic rings. The molecule has 1 unspecified atom stereocenters. The van der Waals surface area contributed by atoms with Crippen LogP contribution in [-0.2, 0) is 0 Å². The second-order valence-electron chi connectivity index (χ2n) is 7.28. The first kappa shape index (κ1) is 18.5. The standard InChI is InChI=1S/C18H35N3/c1-5-12-20-18(4,15-19)11-14-21(13-10-16(2)3)17-8-6-7-9-17/h16-17,20H,5-14H2,1-4H3. The van der Waals surface area contributed by atoms with Crippen LogP contribution in [0.15, 0.2) is 0 Å². The molecule has 1 fully saturated rings. The Morgan fingerprint density at radius 2 is 1.95 bits per heavy atom. The Balaban J connectivity index is 2.52. The lowest BCUT2D eigenvalue weighted by Gasteiger charge is -2.32. The molecule has 1 aliphatic carbocycles. The summed E-state index contributed by atoms with van der Waals surface area (Å²) in [5.41, 5.74) is -0.370. The third-order valence-corrected chi connectivity index (χ3v) is 4.75. The first-order chi connectivity index (χ1) is 10.0. The predicted octanol–water partition coefficient (Wildman–Crippen LogP) is 3.95. The fourth-order valence-corrected chi connectivity index (χ4v) is 3.12. The van der Waals surface area contributed by atoms with E-state index in [-0.39, 0.29) is 5.54 Å². The molecule has 1 rings (SSSR count). The van der Waals surface area contributed by atoms with Gasteiger partial charge in [0.25, 0.3) is 0 Å². The minimum atomic E-state index is -0.370. The first-order valence-electron chi connectivity index (χ1n) is 8.91. The maximum atomic E-state index is 9.48. The Bertz CT molecular complexity index is 315. The molecule has 3 heteroatoms. The molecule has 3 nitrogen and oxygen atoms in total. The van der Waals surface area contributed by atoms with Gasteiger partial charge in [-0.1, -0.05) is 33.6 Å². The minimum Gasteiger partial charge on any atom is -0.300 e. The summed E-state index contributed by atoms with van der Waals surface area (Å²) in [6.45, 7) is 12.0. The van der Waals surface area contributed by atoms with Crippen molar-refractivity contribution in [1.29, 1.82) is 5.26 Å². The molecule has 0 saturated heterocycles. The fourth-order valence-electron chi connectivity index (χ4n) is 3.12. The summed E-state index contributed by atoms with van der Waals surface area (Å²) < 4.78 is 0. The van der Waals surface area contributed by atoms with Gasteiger partial charge in [-0.05, 0) is 58.0 Å². The van der Waals surface area contributed by atoms with Crippen molar-refractivity contribution in [2.45, 2.75) is 84.2 Å². The Labute approximate surface area is 132 Å². The van der Waals surface area contributed by atoms with Crippen molar-refractivity contribution in [3.05, 3.63) is 0 Å². The molecule has 0 amide bonds. The maximum Gasteiger partial charge on any atom is 0.105 e. The molecule has 0 aromatic carbocycles. The van der Waals surface area contributed by atoms with Crippen LogP contribution in [0.1, 0.15) is 72.6 Å². The highest BCUT2D eigenvalue weighted by molar-refractivity contribution is 5.04. The van der Waals surface area contributed by atoms with E-state index in [9.17, 15) is 5.26 Å². The van der Waals surface area contributed by atoms with Gasteiger partial charge in [-0.3, -0.25) is 5.32 Å². The van der Waals surface area contributed by atoms with Crippen LogP contribution in [0.25, 0.3) is 0 Å². The maximum absolute atomic E-state index is 9.48. The Kier molecular flexibility index (Phi) is 8.29. The summed E-state index contributed by atoms with van der Waals surface area (Å²) in [6.07, 6.45) is 8.74. The molecular weight excluding hydrogens is 258 g/mol. The van der Waals surface area contributed by atoms with Crippen molar-refractivity contribution < 1.29 is 0 Å². The van der Waals surface area contributed by atoms with Gasteiger partial charge in [0, 0.05) is 12.6 Å². The summed E-state index contributed by atoms with van der Waals surface area (Å²) in [5, 5.41) is 12.9. The van der Waals surface area contributed by atoms with Crippen LogP contribution in [0.3, 0.4) is 0 Å². The molecule has 1 atom stereocenters. The summed E-state index contributed by atoms with van der Waals surface area (Å²) in [4.78, 5) is 2.66. The zero-order chi connectivity index (χ0) is 15.7. The van der Waals surface area contributed by atoms with E-state index in [2.05, 4.69) is 44.0 Å². The van der Waals surface area contributed by atoms with E-state index in [4.69, 9.17) is 0 Å². The normalized spacial score (nSPS) is 19.1. The highest BCUT2D eigenvalue weighted by atomic mass is 15.2. The summed E-state index contributed by atoms with van der Waals surface area (Å²) in [7, 11) is 0. The van der Waals surface area contributed by atoms with Gasteiger partial charge in [0.1, 0.15) is 5.54 Å². The topological polar surface area (TPSA) is 39.1 Å². The van der Waals surface area contributed by atoms with Crippen LogP contribution in [0.5, 0.6) is 0 Å². The number of hydrogen-bond donors (Lipinski definition) is 1. The van der Waals surface area contributed by atoms with Crippen LogP contribution in [0, 0.1) is 17.2 Å². The van der Waals surface area contributed by atoms with Crippen molar-refractivity contribution in [3.8, 4) is 6.07 Å². The van der Waals surface area contributed by atoms with Gasteiger partial charge >= 0.3 is 0 Å². The zero-order valence-electron chi connectivity index (χ0n) is 14.6. The lowest BCUT2D eigenvalue weighted by Crippen LogP contribution is -2.46. The highest BCUT2D eigenvalue weighted by Gasteiger charge is 2.27. The smallest absolute Gasteiger partial charge is 0.105 e. The molecule has 0 aromatic rings. The molecule has 0 aromatic heterocycles. The van der Waals surface area contributed by atoms with E-state index in [1.165, 1.54) is 38.6 Å². The number of nitrogens with zero attached hydrogens (tertiary/aromatic N) is 2. The second-order valence-corrected chi connectivity index (χ2v) is 7.28. The average molecular weight is 293 g/mol. The van der Waals surface area contributed by atoms with Crippen molar-refractivity contribution in [1.82, 2.24) is 10.2 Å². The van der Waals surface area contributed by atoms with Crippen LogP contribution < -0.4 is 5.32 Å². The van der Waals surface area contributed by atoms with Crippen LogP contribution >= 0.6 is 0 Å². The lowest BCUT2D eigenvalue weighted by atomic mass is 9.98. The van der Waals surface area contributed by atoms with Crippen molar-refractivity contribution in [2.75, 3.05) is 19.6 Å². The Morgan fingerprint density at radius 3 is 2.48 bits per heavy atom. The van der Waals surface area contributed by atoms with Crippen LogP contribution in [0.2, 0.25) is 0 Å². The third kappa shape index (κ3) is 6.80. The van der Waals surface area contributed by atoms with Gasteiger partial charge in [0.15, 0.2) is 0 Å². The summed E-state index contributed by atoms with van der Waals surface area (Å²) >= 11 is 0. The molecular formula is C18H35N3. The Hall–Kier alpha value is -0.590. The summed E-state index contributed by atoms with van der Waals surface area (Å²) in [6, 6.07) is 3.25. The predicted molar refractivity (Wildman–Crippen MR) is 90.2 cm³/mol. The van der Waals surface area contributed by atoms with Crippen LogP contribution in [-0.4, -0.2) is 36.1 Å². The molecule has 1 saturated carbocycles.